The summed E-state index contributed by atoms with van der Waals surface area (Å²) in [5.41, 5.74) is 1.63. The largest absolute Gasteiger partial charge is 0.466 e. The molecule has 0 fully saturated rings. The van der Waals surface area contributed by atoms with Gasteiger partial charge in [-0.2, -0.15) is 0 Å². The quantitative estimate of drug-likeness (QED) is 0.804. The second kappa shape index (κ2) is 5.99. The number of benzene rings is 1. The Labute approximate surface area is 110 Å². The molecule has 100 valence electrons. The number of esters is 1. The fourth-order valence-corrected chi connectivity index (χ4v) is 1.66. The van der Waals surface area contributed by atoms with Crippen LogP contribution in [0.4, 0.5) is 5.95 Å². The van der Waals surface area contributed by atoms with Gasteiger partial charge in [0, 0.05) is 6.42 Å². The van der Waals surface area contributed by atoms with Crippen LogP contribution in [0.1, 0.15) is 19.8 Å². The molecule has 0 saturated carbocycles. The Bertz CT molecular complexity index is 559. The van der Waals surface area contributed by atoms with Crippen molar-refractivity contribution in [3.63, 3.8) is 0 Å². The SMILES string of the molecule is CCOC(=O)CCC(=O)Nc1nc2ccccc2[nH]1. The molecule has 1 heterocycles. The van der Waals surface area contributed by atoms with E-state index in [-0.39, 0.29) is 24.7 Å². The van der Waals surface area contributed by atoms with Gasteiger partial charge in [-0.3, -0.25) is 14.9 Å². The summed E-state index contributed by atoms with van der Waals surface area (Å²) in [4.78, 5) is 29.9. The van der Waals surface area contributed by atoms with Crippen LogP contribution in [-0.4, -0.2) is 28.5 Å². The van der Waals surface area contributed by atoms with E-state index in [1.807, 2.05) is 24.3 Å². The molecule has 6 nitrogen and oxygen atoms in total. The van der Waals surface area contributed by atoms with Crippen molar-refractivity contribution in [3.05, 3.63) is 24.3 Å². The van der Waals surface area contributed by atoms with Gasteiger partial charge in [-0.1, -0.05) is 12.1 Å². The number of nitrogens with zero attached hydrogens (tertiary/aromatic N) is 1. The van der Waals surface area contributed by atoms with Crippen molar-refractivity contribution in [1.82, 2.24) is 9.97 Å². The molecule has 0 bridgehead atoms. The number of para-hydroxylation sites is 2. The highest BCUT2D eigenvalue weighted by atomic mass is 16.5. The fraction of sp³-hybridized carbons (Fsp3) is 0.308. The number of H-pyrrole nitrogens is 1. The maximum atomic E-state index is 11.6. The topological polar surface area (TPSA) is 84.1 Å². The molecular formula is C13H15N3O3. The Morgan fingerprint density at radius 3 is 2.84 bits per heavy atom. The maximum Gasteiger partial charge on any atom is 0.306 e. The first kappa shape index (κ1) is 13.1. The predicted molar refractivity (Wildman–Crippen MR) is 70.6 cm³/mol. The minimum absolute atomic E-state index is 0.0693. The van der Waals surface area contributed by atoms with E-state index in [0.29, 0.717) is 12.6 Å². The van der Waals surface area contributed by atoms with E-state index in [9.17, 15) is 9.59 Å². The molecular weight excluding hydrogens is 246 g/mol. The number of carbonyl (C=O) groups excluding carboxylic acids is 2. The molecule has 19 heavy (non-hydrogen) atoms. The molecule has 1 amide bonds. The monoisotopic (exact) mass is 261 g/mol. The number of aromatic nitrogens is 2. The summed E-state index contributed by atoms with van der Waals surface area (Å²) in [6.45, 7) is 2.05. The lowest BCUT2D eigenvalue weighted by Crippen LogP contribution is -2.15. The fourth-order valence-electron chi connectivity index (χ4n) is 1.66. The zero-order valence-corrected chi connectivity index (χ0v) is 10.6. The molecule has 0 atom stereocenters. The lowest BCUT2D eigenvalue weighted by atomic mass is 10.3. The molecule has 0 aliphatic rings. The first-order valence-electron chi connectivity index (χ1n) is 6.09. The number of rotatable bonds is 5. The zero-order valence-electron chi connectivity index (χ0n) is 10.6. The van der Waals surface area contributed by atoms with Crippen LogP contribution in [0.3, 0.4) is 0 Å². The average Bonchev–Trinajstić information content (AvgIpc) is 2.78. The van der Waals surface area contributed by atoms with Crippen molar-refractivity contribution in [2.75, 3.05) is 11.9 Å². The highest BCUT2D eigenvalue weighted by molar-refractivity contribution is 5.92. The Kier molecular flexibility index (Phi) is 4.12. The number of carbonyl (C=O) groups is 2. The number of ether oxygens (including phenoxy) is 1. The second-order valence-electron chi connectivity index (χ2n) is 3.96. The Morgan fingerprint density at radius 1 is 1.32 bits per heavy atom. The van der Waals surface area contributed by atoms with Gasteiger partial charge >= 0.3 is 5.97 Å². The van der Waals surface area contributed by atoms with E-state index in [1.54, 1.807) is 6.92 Å². The highest BCUT2D eigenvalue weighted by Gasteiger charge is 2.09. The summed E-state index contributed by atoms with van der Waals surface area (Å²) < 4.78 is 4.75. The number of imidazole rings is 1. The molecule has 0 unspecified atom stereocenters. The van der Waals surface area contributed by atoms with Crippen molar-refractivity contribution in [3.8, 4) is 0 Å². The first-order valence-corrected chi connectivity index (χ1v) is 6.09. The molecule has 0 spiro atoms. The number of nitrogens with one attached hydrogen (secondary N) is 2. The number of fused-ring (bicyclic) bond motifs is 1. The average molecular weight is 261 g/mol. The predicted octanol–water partition coefficient (Wildman–Crippen LogP) is 1.84. The Morgan fingerprint density at radius 2 is 2.11 bits per heavy atom. The molecule has 0 aliphatic carbocycles. The van der Waals surface area contributed by atoms with E-state index < -0.39 is 0 Å². The molecule has 0 aliphatic heterocycles. The normalized spacial score (nSPS) is 10.4. The van der Waals surface area contributed by atoms with Gasteiger partial charge in [0.1, 0.15) is 0 Å². The van der Waals surface area contributed by atoms with Crippen molar-refractivity contribution < 1.29 is 14.3 Å². The van der Waals surface area contributed by atoms with Gasteiger partial charge < -0.3 is 9.72 Å². The molecule has 0 radical (unpaired) electrons. The smallest absolute Gasteiger partial charge is 0.306 e. The highest BCUT2D eigenvalue weighted by Crippen LogP contribution is 2.13. The van der Waals surface area contributed by atoms with E-state index in [1.165, 1.54) is 0 Å². The van der Waals surface area contributed by atoms with Crippen LogP contribution in [0, 0.1) is 0 Å². The molecule has 2 aromatic rings. The van der Waals surface area contributed by atoms with Gasteiger partial charge in [0.05, 0.1) is 24.1 Å². The number of hydrogen-bond acceptors (Lipinski definition) is 4. The number of hydrogen-bond donors (Lipinski definition) is 2. The van der Waals surface area contributed by atoms with Crippen molar-refractivity contribution in [1.29, 1.82) is 0 Å². The summed E-state index contributed by atoms with van der Waals surface area (Å²) in [5.74, 6) is -0.260. The Balaban J connectivity index is 1.90. The molecule has 0 saturated heterocycles. The lowest BCUT2D eigenvalue weighted by Gasteiger charge is -2.02. The van der Waals surface area contributed by atoms with Gasteiger partial charge in [-0.25, -0.2) is 4.98 Å². The third-order valence-electron chi connectivity index (χ3n) is 2.51. The summed E-state index contributed by atoms with van der Waals surface area (Å²) in [6.07, 6.45) is 0.149. The van der Waals surface area contributed by atoms with Gasteiger partial charge in [-0.15, -0.1) is 0 Å². The number of aromatic amines is 1. The van der Waals surface area contributed by atoms with Crippen molar-refractivity contribution >= 4 is 28.9 Å². The van der Waals surface area contributed by atoms with Gasteiger partial charge in [0.15, 0.2) is 0 Å². The van der Waals surface area contributed by atoms with Gasteiger partial charge in [-0.05, 0) is 19.1 Å². The van der Waals surface area contributed by atoms with E-state index in [0.717, 1.165) is 11.0 Å². The van der Waals surface area contributed by atoms with Crippen molar-refractivity contribution in [2.24, 2.45) is 0 Å². The lowest BCUT2D eigenvalue weighted by molar-refractivity contribution is -0.144. The maximum absolute atomic E-state index is 11.6. The van der Waals surface area contributed by atoms with Crippen LogP contribution in [0.15, 0.2) is 24.3 Å². The van der Waals surface area contributed by atoms with Crippen LogP contribution >= 0.6 is 0 Å². The number of amides is 1. The van der Waals surface area contributed by atoms with Gasteiger partial charge in [0.2, 0.25) is 11.9 Å². The van der Waals surface area contributed by atoms with Crippen molar-refractivity contribution in [2.45, 2.75) is 19.8 Å². The van der Waals surface area contributed by atoms with E-state index in [2.05, 4.69) is 15.3 Å². The summed E-state index contributed by atoms with van der Waals surface area (Å²) in [7, 11) is 0. The minimum Gasteiger partial charge on any atom is -0.466 e. The zero-order chi connectivity index (χ0) is 13.7. The summed E-state index contributed by atoms with van der Waals surface area (Å²) in [6, 6.07) is 7.47. The Hall–Kier alpha value is -2.37. The minimum atomic E-state index is -0.373. The molecule has 1 aromatic carbocycles. The molecule has 1 aromatic heterocycles. The summed E-state index contributed by atoms with van der Waals surface area (Å²) in [5, 5.41) is 2.62. The number of anilines is 1. The van der Waals surface area contributed by atoms with Crippen LogP contribution in [0.5, 0.6) is 0 Å². The summed E-state index contributed by atoms with van der Waals surface area (Å²) >= 11 is 0. The van der Waals surface area contributed by atoms with Crippen LogP contribution in [-0.2, 0) is 14.3 Å². The molecule has 2 rings (SSSR count). The third-order valence-corrected chi connectivity index (χ3v) is 2.51. The van der Waals surface area contributed by atoms with E-state index in [4.69, 9.17) is 4.74 Å². The van der Waals surface area contributed by atoms with Crippen LogP contribution < -0.4 is 5.32 Å². The van der Waals surface area contributed by atoms with E-state index >= 15 is 0 Å². The van der Waals surface area contributed by atoms with Crippen LogP contribution in [0.2, 0.25) is 0 Å². The van der Waals surface area contributed by atoms with Crippen LogP contribution in [0.25, 0.3) is 11.0 Å². The molecule has 2 N–H and O–H groups in total. The second-order valence-corrected chi connectivity index (χ2v) is 3.96. The third kappa shape index (κ3) is 3.54. The molecule has 6 heteroatoms. The van der Waals surface area contributed by atoms with Gasteiger partial charge in [0.25, 0.3) is 0 Å². The standard InChI is InChI=1S/C13H15N3O3/c1-2-19-12(18)8-7-11(17)16-13-14-9-5-3-4-6-10(9)15-13/h3-6H,2,7-8H2,1H3,(H2,14,15,16,17). The first-order chi connectivity index (χ1) is 9.19.